The third kappa shape index (κ3) is 5.16. The molecule has 128 valence electrons. The number of hydrogen-bond donors (Lipinski definition) is 1. The Morgan fingerprint density at radius 2 is 2.17 bits per heavy atom. The summed E-state index contributed by atoms with van der Waals surface area (Å²) in [6, 6.07) is 2.68. The number of rotatable bonds is 11. The lowest BCUT2D eigenvalue weighted by molar-refractivity contribution is 0.0987. The number of pyridine rings is 1. The minimum absolute atomic E-state index is 0.516. The molecule has 23 heavy (non-hydrogen) atoms. The van der Waals surface area contributed by atoms with E-state index in [-0.39, 0.29) is 0 Å². The molecule has 1 aromatic rings. The van der Waals surface area contributed by atoms with Gasteiger partial charge < -0.3 is 19.5 Å². The largest absolute Gasteiger partial charge is 0.490 e. The maximum atomic E-state index is 5.84. The molecule has 0 unspecified atom stereocenters. The molecular weight excluding hydrogens is 292 g/mol. The van der Waals surface area contributed by atoms with E-state index >= 15 is 0 Å². The summed E-state index contributed by atoms with van der Waals surface area (Å²) < 4.78 is 16.5. The molecule has 1 saturated heterocycles. The van der Waals surface area contributed by atoms with Crippen LogP contribution in [-0.4, -0.2) is 51.1 Å². The van der Waals surface area contributed by atoms with Gasteiger partial charge in [-0.2, -0.15) is 0 Å². The standard InChI is InChI=1S/C18H28N2O3/c1-21-6-2-7-22-8-4-14-10-18(14)15-9-17(12-19-11-15)23-13-16-3-5-20-16/h9,11-12,14,16,18,20H,2-8,10,13H2,1H3/t14-,16+,18+/m1/s1. The predicted octanol–water partition coefficient (Wildman–Crippen LogP) is 2.37. The van der Waals surface area contributed by atoms with Gasteiger partial charge in [-0.3, -0.25) is 4.98 Å². The van der Waals surface area contributed by atoms with Crippen LogP contribution >= 0.6 is 0 Å². The molecule has 1 aliphatic carbocycles. The third-order valence-electron chi connectivity index (χ3n) is 4.73. The number of ether oxygens (including phenoxy) is 3. The van der Waals surface area contributed by atoms with Gasteiger partial charge in [0, 0.05) is 39.2 Å². The highest BCUT2D eigenvalue weighted by atomic mass is 16.5. The molecule has 1 aliphatic heterocycles. The first-order valence-electron chi connectivity index (χ1n) is 8.74. The van der Waals surface area contributed by atoms with Crippen LogP contribution in [0.5, 0.6) is 5.75 Å². The molecule has 2 aliphatic rings. The van der Waals surface area contributed by atoms with E-state index in [2.05, 4.69) is 16.4 Å². The fraction of sp³-hybridized carbons (Fsp3) is 0.722. The molecule has 1 aromatic heterocycles. The summed E-state index contributed by atoms with van der Waals surface area (Å²) in [6.07, 6.45) is 8.37. The fourth-order valence-corrected chi connectivity index (χ4v) is 3.02. The van der Waals surface area contributed by atoms with E-state index < -0.39 is 0 Å². The highest BCUT2D eigenvalue weighted by Gasteiger charge is 2.38. The van der Waals surface area contributed by atoms with Gasteiger partial charge in [0.15, 0.2) is 0 Å². The molecule has 5 heteroatoms. The van der Waals surface area contributed by atoms with Crippen molar-refractivity contribution in [2.75, 3.05) is 40.1 Å². The van der Waals surface area contributed by atoms with Crippen LogP contribution in [0.2, 0.25) is 0 Å². The zero-order chi connectivity index (χ0) is 15.9. The van der Waals surface area contributed by atoms with E-state index in [1.54, 1.807) is 7.11 Å². The van der Waals surface area contributed by atoms with Gasteiger partial charge in [-0.25, -0.2) is 0 Å². The van der Waals surface area contributed by atoms with Crippen molar-refractivity contribution in [3.05, 3.63) is 24.0 Å². The van der Waals surface area contributed by atoms with Gasteiger partial charge in [-0.05, 0) is 55.7 Å². The Labute approximate surface area is 138 Å². The van der Waals surface area contributed by atoms with Gasteiger partial charge in [0.1, 0.15) is 12.4 Å². The maximum absolute atomic E-state index is 5.84. The average Bonchev–Trinajstić information content (AvgIpc) is 3.29. The minimum atomic E-state index is 0.516. The average molecular weight is 320 g/mol. The molecule has 0 amide bonds. The van der Waals surface area contributed by atoms with E-state index in [4.69, 9.17) is 14.2 Å². The van der Waals surface area contributed by atoms with E-state index in [0.717, 1.165) is 57.5 Å². The van der Waals surface area contributed by atoms with Gasteiger partial charge >= 0.3 is 0 Å². The SMILES string of the molecule is COCCCOCC[C@@H]1C[C@@H]1c1cncc(OC[C@@H]2CCN2)c1. The first kappa shape index (κ1) is 16.7. The van der Waals surface area contributed by atoms with Crippen molar-refractivity contribution in [3.8, 4) is 5.75 Å². The second-order valence-corrected chi connectivity index (χ2v) is 6.55. The van der Waals surface area contributed by atoms with Crippen molar-refractivity contribution in [2.45, 2.75) is 37.6 Å². The first-order chi connectivity index (χ1) is 11.4. The maximum Gasteiger partial charge on any atom is 0.137 e. The molecule has 3 atom stereocenters. The second-order valence-electron chi connectivity index (χ2n) is 6.55. The molecule has 3 rings (SSSR count). The number of hydrogen-bond acceptors (Lipinski definition) is 5. The zero-order valence-electron chi connectivity index (χ0n) is 14.0. The Bertz CT molecular complexity index is 479. The molecule has 2 heterocycles. The van der Waals surface area contributed by atoms with Gasteiger partial charge in [-0.15, -0.1) is 0 Å². The van der Waals surface area contributed by atoms with Crippen LogP contribution in [0.3, 0.4) is 0 Å². The molecule has 1 N–H and O–H groups in total. The van der Waals surface area contributed by atoms with Crippen LogP contribution in [-0.2, 0) is 9.47 Å². The van der Waals surface area contributed by atoms with Crippen molar-refractivity contribution >= 4 is 0 Å². The predicted molar refractivity (Wildman–Crippen MR) is 88.9 cm³/mol. The number of methoxy groups -OCH3 is 1. The van der Waals surface area contributed by atoms with Crippen molar-refractivity contribution < 1.29 is 14.2 Å². The van der Waals surface area contributed by atoms with Gasteiger partial charge in [0.25, 0.3) is 0 Å². The van der Waals surface area contributed by atoms with Crippen LogP contribution in [0.15, 0.2) is 18.5 Å². The molecule has 5 nitrogen and oxygen atoms in total. The van der Waals surface area contributed by atoms with Crippen molar-refractivity contribution in [1.82, 2.24) is 10.3 Å². The van der Waals surface area contributed by atoms with Crippen molar-refractivity contribution in [1.29, 1.82) is 0 Å². The van der Waals surface area contributed by atoms with E-state index in [0.29, 0.717) is 12.0 Å². The quantitative estimate of drug-likeness (QED) is 0.634. The summed E-state index contributed by atoms with van der Waals surface area (Å²) in [7, 11) is 1.73. The first-order valence-corrected chi connectivity index (χ1v) is 8.74. The highest BCUT2D eigenvalue weighted by Crippen LogP contribution is 2.49. The molecule has 0 radical (unpaired) electrons. The summed E-state index contributed by atoms with van der Waals surface area (Å²) in [5, 5.41) is 3.35. The summed E-state index contributed by atoms with van der Waals surface area (Å²) in [5.41, 5.74) is 1.31. The summed E-state index contributed by atoms with van der Waals surface area (Å²) >= 11 is 0. The monoisotopic (exact) mass is 320 g/mol. The Morgan fingerprint density at radius 1 is 1.26 bits per heavy atom. The third-order valence-corrected chi connectivity index (χ3v) is 4.73. The lowest BCUT2D eigenvalue weighted by Crippen LogP contribution is -2.46. The lowest BCUT2D eigenvalue weighted by atomic mass is 10.1. The molecule has 0 bridgehead atoms. The summed E-state index contributed by atoms with van der Waals surface area (Å²) in [4.78, 5) is 4.34. The smallest absolute Gasteiger partial charge is 0.137 e. The Kier molecular flexibility index (Phi) is 6.25. The van der Waals surface area contributed by atoms with Crippen molar-refractivity contribution in [2.24, 2.45) is 5.92 Å². The zero-order valence-corrected chi connectivity index (χ0v) is 14.0. The summed E-state index contributed by atoms with van der Waals surface area (Å²) in [6.45, 7) is 4.28. The highest BCUT2D eigenvalue weighted by molar-refractivity contribution is 5.30. The van der Waals surface area contributed by atoms with Crippen LogP contribution in [0.4, 0.5) is 0 Å². The Hall–Kier alpha value is -1.17. The molecule has 1 saturated carbocycles. The van der Waals surface area contributed by atoms with Gasteiger partial charge in [0.05, 0.1) is 6.20 Å². The number of nitrogens with zero attached hydrogens (tertiary/aromatic N) is 1. The van der Waals surface area contributed by atoms with Gasteiger partial charge in [0.2, 0.25) is 0 Å². The van der Waals surface area contributed by atoms with E-state index in [1.165, 1.54) is 18.4 Å². The van der Waals surface area contributed by atoms with Crippen molar-refractivity contribution in [3.63, 3.8) is 0 Å². The number of aromatic nitrogens is 1. The molecule has 0 aromatic carbocycles. The van der Waals surface area contributed by atoms with E-state index in [9.17, 15) is 0 Å². The fourth-order valence-electron chi connectivity index (χ4n) is 3.02. The molecule has 0 spiro atoms. The molecule has 2 fully saturated rings. The lowest BCUT2D eigenvalue weighted by Gasteiger charge is -2.27. The topological polar surface area (TPSA) is 52.6 Å². The Morgan fingerprint density at radius 3 is 2.96 bits per heavy atom. The van der Waals surface area contributed by atoms with Crippen LogP contribution in [0.1, 0.15) is 37.2 Å². The van der Waals surface area contributed by atoms with Crippen LogP contribution < -0.4 is 10.1 Å². The normalized spacial score (nSPS) is 25.9. The minimum Gasteiger partial charge on any atom is -0.490 e. The van der Waals surface area contributed by atoms with Crippen LogP contribution in [0.25, 0.3) is 0 Å². The number of nitrogens with one attached hydrogen (secondary N) is 1. The van der Waals surface area contributed by atoms with Crippen LogP contribution in [0, 0.1) is 5.92 Å². The van der Waals surface area contributed by atoms with E-state index in [1.807, 2.05) is 12.4 Å². The van der Waals surface area contributed by atoms with Gasteiger partial charge in [-0.1, -0.05) is 0 Å². The molecular formula is C18H28N2O3. The summed E-state index contributed by atoms with van der Waals surface area (Å²) in [5.74, 6) is 2.27. The Balaban J connectivity index is 1.35. The second kappa shape index (κ2) is 8.62.